The Balaban J connectivity index is 1.84. The average molecular weight is 209 g/mol. The van der Waals surface area contributed by atoms with Crippen molar-refractivity contribution >= 4 is 0 Å². The van der Waals surface area contributed by atoms with Gasteiger partial charge in [0.05, 0.1) is 0 Å². The van der Waals surface area contributed by atoms with Crippen molar-refractivity contribution in [2.45, 2.75) is 25.4 Å². The fourth-order valence-corrected chi connectivity index (χ4v) is 1.80. The summed E-state index contributed by atoms with van der Waals surface area (Å²) in [6, 6.07) is 7.37. The second-order valence-corrected chi connectivity index (χ2v) is 3.86. The third-order valence-electron chi connectivity index (χ3n) is 2.76. The van der Waals surface area contributed by atoms with Gasteiger partial charge in [-0.1, -0.05) is 18.2 Å². The first-order valence-electron chi connectivity index (χ1n) is 5.41. The van der Waals surface area contributed by atoms with Crippen LogP contribution >= 0.6 is 0 Å². The van der Waals surface area contributed by atoms with Crippen molar-refractivity contribution in [2.75, 3.05) is 13.2 Å². The van der Waals surface area contributed by atoms with E-state index in [-0.39, 0.29) is 5.82 Å². The van der Waals surface area contributed by atoms with Crippen molar-refractivity contribution in [3.05, 3.63) is 35.6 Å². The van der Waals surface area contributed by atoms with Gasteiger partial charge in [0.15, 0.2) is 0 Å². The molecule has 2 rings (SSSR count). The molecule has 1 aromatic carbocycles. The summed E-state index contributed by atoms with van der Waals surface area (Å²) in [5.74, 6) is -0.128. The molecule has 0 unspecified atom stereocenters. The summed E-state index contributed by atoms with van der Waals surface area (Å²) < 4.78 is 18.5. The quantitative estimate of drug-likeness (QED) is 0.823. The van der Waals surface area contributed by atoms with Crippen molar-refractivity contribution in [1.82, 2.24) is 5.32 Å². The first-order valence-corrected chi connectivity index (χ1v) is 5.41. The maximum Gasteiger partial charge on any atom is 0.127 e. The van der Waals surface area contributed by atoms with E-state index in [1.54, 1.807) is 6.07 Å². The lowest BCUT2D eigenvalue weighted by Gasteiger charge is -2.23. The number of hydrogen-bond acceptors (Lipinski definition) is 2. The second-order valence-electron chi connectivity index (χ2n) is 3.86. The third kappa shape index (κ3) is 3.01. The van der Waals surface area contributed by atoms with Gasteiger partial charge in [-0.05, 0) is 18.9 Å². The molecule has 0 amide bonds. The fraction of sp³-hybridized carbons (Fsp3) is 0.500. The van der Waals surface area contributed by atoms with Gasteiger partial charge < -0.3 is 10.1 Å². The summed E-state index contributed by atoms with van der Waals surface area (Å²) in [7, 11) is 0. The highest BCUT2D eigenvalue weighted by Crippen LogP contribution is 2.10. The minimum atomic E-state index is -0.128. The normalized spacial score (nSPS) is 17.9. The van der Waals surface area contributed by atoms with Crippen LogP contribution < -0.4 is 5.32 Å². The molecule has 1 fully saturated rings. The van der Waals surface area contributed by atoms with Crippen LogP contribution in [0.15, 0.2) is 24.3 Å². The van der Waals surface area contributed by atoms with E-state index in [9.17, 15) is 4.39 Å². The molecule has 1 heterocycles. The molecule has 1 aliphatic heterocycles. The molecule has 1 aromatic rings. The molecule has 0 radical (unpaired) electrons. The molecule has 15 heavy (non-hydrogen) atoms. The molecule has 0 saturated carbocycles. The van der Waals surface area contributed by atoms with E-state index in [0.29, 0.717) is 12.6 Å². The predicted molar refractivity (Wildman–Crippen MR) is 57.1 cm³/mol. The topological polar surface area (TPSA) is 21.3 Å². The van der Waals surface area contributed by atoms with E-state index >= 15 is 0 Å². The lowest BCUT2D eigenvalue weighted by atomic mass is 10.1. The van der Waals surface area contributed by atoms with Crippen LogP contribution in [0.1, 0.15) is 18.4 Å². The molecule has 0 aromatic heterocycles. The van der Waals surface area contributed by atoms with Crippen LogP contribution in [-0.2, 0) is 11.3 Å². The monoisotopic (exact) mass is 209 g/mol. The highest BCUT2D eigenvalue weighted by atomic mass is 19.1. The van der Waals surface area contributed by atoms with Crippen LogP contribution in [-0.4, -0.2) is 19.3 Å². The van der Waals surface area contributed by atoms with Crippen LogP contribution in [0.4, 0.5) is 4.39 Å². The zero-order valence-electron chi connectivity index (χ0n) is 8.71. The largest absolute Gasteiger partial charge is 0.381 e. The maximum absolute atomic E-state index is 13.3. The molecule has 1 N–H and O–H groups in total. The van der Waals surface area contributed by atoms with Crippen molar-refractivity contribution in [1.29, 1.82) is 0 Å². The van der Waals surface area contributed by atoms with Gasteiger partial charge in [0.1, 0.15) is 5.82 Å². The van der Waals surface area contributed by atoms with Gasteiger partial charge in [-0.3, -0.25) is 0 Å². The number of halogens is 1. The molecular weight excluding hydrogens is 193 g/mol. The summed E-state index contributed by atoms with van der Waals surface area (Å²) in [5, 5.41) is 3.36. The van der Waals surface area contributed by atoms with Crippen molar-refractivity contribution in [3.63, 3.8) is 0 Å². The van der Waals surface area contributed by atoms with Gasteiger partial charge in [0.25, 0.3) is 0 Å². The SMILES string of the molecule is Fc1ccccc1CNC1CCOCC1. The molecule has 0 aliphatic carbocycles. The fourth-order valence-electron chi connectivity index (χ4n) is 1.80. The molecule has 0 spiro atoms. The maximum atomic E-state index is 13.3. The van der Waals surface area contributed by atoms with Crippen molar-refractivity contribution in [2.24, 2.45) is 0 Å². The van der Waals surface area contributed by atoms with E-state index in [2.05, 4.69) is 5.32 Å². The first-order chi connectivity index (χ1) is 7.36. The standard InChI is InChI=1S/C12H16FNO/c13-12-4-2-1-3-10(12)9-14-11-5-7-15-8-6-11/h1-4,11,14H,5-9H2. The molecule has 0 atom stereocenters. The van der Waals surface area contributed by atoms with Crippen LogP contribution in [0.2, 0.25) is 0 Å². The van der Waals surface area contributed by atoms with Gasteiger partial charge in [0, 0.05) is 31.4 Å². The van der Waals surface area contributed by atoms with Crippen LogP contribution in [0, 0.1) is 5.82 Å². The van der Waals surface area contributed by atoms with E-state index in [0.717, 1.165) is 31.6 Å². The van der Waals surface area contributed by atoms with Crippen LogP contribution in [0.5, 0.6) is 0 Å². The van der Waals surface area contributed by atoms with Gasteiger partial charge >= 0.3 is 0 Å². The number of hydrogen-bond donors (Lipinski definition) is 1. The molecule has 2 nitrogen and oxygen atoms in total. The lowest BCUT2D eigenvalue weighted by Crippen LogP contribution is -2.34. The Kier molecular flexibility index (Phi) is 3.69. The Hall–Kier alpha value is -0.930. The van der Waals surface area contributed by atoms with E-state index in [1.165, 1.54) is 6.07 Å². The molecule has 1 aliphatic rings. The van der Waals surface area contributed by atoms with Crippen molar-refractivity contribution in [3.8, 4) is 0 Å². The summed E-state index contributed by atoms with van der Waals surface area (Å²) in [4.78, 5) is 0. The Morgan fingerprint density at radius 2 is 2.00 bits per heavy atom. The Morgan fingerprint density at radius 1 is 1.27 bits per heavy atom. The minimum Gasteiger partial charge on any atom is -0.381 e. The lowest BCUT2D eigenvalue weighted by molar-refractivity contribution is 0.0775. The Bertz CT molecular complexity index is 310. The summed E-state index contributed by atoms with van der Waals surface area (Å²) in [6.07, 6.45) is 2.04. The summed E-state index contributed by atoms with van der Waals surface area (Å²) >= 11 is 0. The number of ether oxygens (including phenoxy) is 1. The Labute approximate surface area is 89.4 Å². The van der Waals surface area contributed by atoms with Gasteiger partial charge in [-0.2, -0.15) is 0 Å². The third-order valence-corrected chi connectivity index (χ3v) is 2.76. The zero-order valence-corrected chi connectivity index (χ0v) is 8.71. The summed E-state index contributed by atoms with van der Waals surface area (Å²) in [5.41, 5.74) is 0.740. The average Bonchev–Trinajstić information content (AvgIpc) is 2.29. The molecule has 1 saturated heterocycles. The number of rotatable bonds is 3. The van der Waals surface area contributed by atoms with Crippen molar-refractivity contribution < 1.29 is 9.13 Å². The molecule has 3 heteroatoms. The molecular formula is C12H16FNO. The van der Waals surface area contributed by atoms with Crippen LogP contribution in [0.25, 0.3) is 0 Å². The zero-order chi connectivity index (χ0) is 10.5. The van der Waals surface area contributed by atoms with Crippen LogP contribution in [0.3, 0.4) is 0 Å². The second kappa shape index (κ2) is 5.24. The highest BCUT2D eigenvalue weighted by molar-refractivity contribution is 5.17. The van der Waals surface area contributed by atoms with E-state index in [4.69, 9.17) is 4.74 Å². The highest BCUT2D eigenvalue weighted by Gasteiger charge is 2.13. The van der Waals surface area contributed by atoms with Gasteiger partial charge in [-0.25, -0.2) is 4.39 Å². The molecule has 82 valence electrons. The van der Waals surface area contributed by atoms with Gasteiger partial charge in [0.2, 0.25) is 0 Å². The smallest absolute Gasteiger partial charge is 0.127 e. The Morgan fingerprint density at radius 3 is 2.73 bits per heavy atom. The van der Waals surface area contributed by atoms with Gasteiger partial charge in [-0.15, -0.1) is 0 Å². The first kappa shape index (κ1) is 10.6. The summed E-state index contributed by atoms with van der Waals surface area (Å²) in [6.45, 7) is 2.24. The van der Waals surface area contributed by atoms with E-state index in [1.807, 2.05) is 12.1 Å². The number of nitrogens with one attached hydrogen (secondary N) is 1. The molecule has 0 bridgehead atoms. The predicted octanol–water partition coefficient (Wildman–Crippen LogP) is 2.09. The number of benzene rings is 1. The minimum absolute atomic E-state index is 0.128. The van der Waals surface area contributed by atoms with E-state index < -0.39 is 0 Å².